The Morgan fingerprint density at radius 1 is 1.15 bits per heavy atom. The van der Waals surface area contributed by atoms with E-state index in [0.717, 1.165) is 15.8 Å². The van der Waals surface area contributed by atoms with Crippen LogP contribution in [0.2, 0.25) is 0 Å². The van der Waals surface area contributed by atoms with Gasteiger partial charge in [-0.25, -0.2) is 0 Å². The summed E-state index contributed by atoms with van der Waals surface area (Å²) in [5.74, 6) is 0.712. The highest BCUT2D eigenvalue weighted by Gasteiger charge is 2.14. The second kappa shape index (κ2) is 6.23. The maximum atomic E-state index is 12.6. The minimum absolute atomic E-state index is 0.00483. The zero-order chi connectivity index (χ0) is 14.7. The molecule has 0 aliphatic heterocycles. The first-order valence-corrected chi connectivity index (χ1v) is 7.35. The highest BCUT2D eigenvalue weighted by atomic mass is 79.9. The molecule has 2 aromatic rings. The summed E-state index contributed by atoms with van der Waals surface area (Å²) >= 11 is 3.48. The van der Waals surface area contributed by atoms with Gasteiger partial charge in [-0.05, 0) is 60.5 Å². The van der Waals surface area contributed by atoms with Crippen LogP contribution in [-0.4, -0.2) is 11.9 Å². The molecule has 0 spiro atoms. The number of benzene rings is 2. The van der Waals surface area contributed by atoms with Gasteiger partial charge < -0.3 is 4.74 Å². The topological polar surface area (TPSA) is 26.3 Å². The van der Waals surface area contributed by atoms with Gasteiger partial charge in [-0.1, -0.05) is 24.3 Å². The lowest BCUT2D eigenvalue weighted by atomic mass is 10.0. The molecule has 2 aromatic carbocycles. The number of carbonyl (C=O) groups is 1. The summed E-state index contributed by atoms with van der Waals surface area (Å²) < 4.78 is 6.48. The molecule has 0 atom stereocenters. The largest absolute Gasteiger partial charge is 0.491 e. The van der Waals surface area contributed by atoms with Crippen LogP contribution in [0.1, 0.15) is 35.3 Å². The van der Waals surface area contributed by atoms with Crippen LogP contribution in [-0.2, 0) is 0 Å². The quantitative estimate of drug-likeness (QED) is 0.753. The monoisotopic (exact) mass is 332 g/mol. The second-order valence-electron chi connectivity index (χ2n) is 4.96. The minimum Gasteiger partial charge on any atom is -0.491 e. The third-order valence-electron chi connectivity index (χ3n) is 2.90. The van der Waals surface area contributed by atoms with E-state index in [2.05, 4.69) is 15.9 Å². The first-order chi connectivity index (χ1) is 9.49. The van der Waals surface area contributed by atoms with Crippen LogP contribution < -0.4 is 4.74 Å². The van der Waals surface area contributed by atoms with Crippen LogP contribution >= 0.6 is 15.9 Å². The third-order valence-corrected chi connectivity index (χ3v) is 3.96. The zero-order valence-electron chi connectivity index (χ0n) is 11.8. The number of hydrogen-bond acceptors (Lipinski definition) is 2. The fourth-order valence-corrected chi connectivity index (χ4v) is 2.41. The third kappa shape index (κ3) is 3.28. The van der Waals surface area contributed by atoms with Crippen molar-refractivity contribution in [2.75, 3.05) is 0 Å². The molecule has 2 rings (SSSR count). The van der Waals surface area contributed by atoms with E-state index in [4.69, 9.17) is 4.74 Å². The molecular formula is C17H17BrO2. The summed E-state index contributed by atoms with van der Waals surface area (Å²) in [5, 5.41) is 0. The van der Waals surface area contributed by atoms with Gasteiger partial charge in [0.1, 0.15) is 5.75 Å². The minimum atomic E-state index is -0.00483. The van der Waals surface area contributed by atoms with Crippen molar-refractivity contribution in [2.24, 2.45) is 0 Å². The van der Waals surface area contributed by atoms with E-state index >= 15 is 0 Å². The number of ether oxygens (including phenoxy) is 1. The normalized spacial score (nSPS) is 10.7. The molecule has 0 bridgehead atoms. The number of hydrogen-bond donors (Lipinski definition) is 0. The van der Waals surface area contributed by atoms with E-state index in [0.29, 0.717) is 11.1 Å². The highest BCUT2D eigenvalue weighted by molar-refractivity contribution is 9.10. The molecule has 20 heavy (non-hydrogen) atoms. The molecule has 0 saturated carbocycles. The predicted octanol–water partition coefficient (Wildman–Crippen LogP) is 4.78. The van der Waals surface area contributed by atoms with Gasteiger partial charge in [0.05, 0.1) is 6.10 Å². The van der Waals surface area contributed by atoms with Gasteiger partial charge in [0, 0.05) is 15.6 Å². The van der Waals surface area contributed by atoms with Gasteiger partial charge in [-0.2, -0.15) is 0 Å². The van der Waals surface area contributed by atoms with E-state index in [1.54, 1.807) is 6.07 Å². The fourth-order valence-electron chi connectivity index (χ4n) is 1.96. The Kier molecular flexibility index (Phi) is 4.61. The molecule has 104 valence electrons. The van der Waals surface area contributed by atoms with Gasteiger partial charge in [-0.15, -0.1) is 0 Å². The lowest BCUT2D eigenvalue weighted by Gasteiger charge is -2.11. The number of carbonyl (C=O) groups excluding carboxylic acids is 1. The van der Waals surface area contributed by atoms with Crippen LogP contribution in [0, 0.1) is 6.92 Å². The van der Waals surface area contributed by atoms with Gasteiger partial charge in [0.15, 0.2) is 5.78 Å². The average Bonchev–Trinajstić information content (AvgIpc) is 2.41. The molecular weight excluding hydrogens is 316 g/mol. The number of ketones is 1. The summed E-state index contributed by atoms with van der Waals surface area (Å²) in [6.45, 7) is 5.90. The molecule has 0 heterocycles. The molecule has 2 nitrogen and oxygen atoms in total. The second-order valence-corrected chi connectivity index (χ2v) is 5.75. The highest BCUT2D eigenvalue weighted by Crippen LogP contribution is 2.25. The van der Waals surface area contributed by atoms with Crippen molar-refractivity contribution in [2.45, 2.75) is 26.9 Å². The van der Waals surface area contributed by atoms with Crippen molar-refractivity contribution >= 4 is 21.7 Å². The van der Waals surface area contributed by atoms with E-state index in [1.807, 2.05) is 57.2 Å². The van der Waals surface area contributed by atoms with Crippen molar-refractivity contribution < 1.29 is 9.53 Å². The van der Waals surface area contributed by atoms with Gasteiger partial charge in [0.25, 0.3) is 0 Å². The van der Waals surface area contributed by atoms with E-state index < -0.39 is 0 Å². The van der Waals surface area contributed by atoms with E-state index in [-0.39, 0.29) is 11.9 Å². The standard InChI is InChI=1S/C17H17BrO2/c1-11(2)20-14-8-5-7-13(10-14)17(19)15-9-4-6-12(3)16(15)18/h4-11H,1-3H3. The molecule has 3 heteroatoms. The van der Waals surface area contributed by atoms with E-state index in [9.17, 15) is 4.79 Å². The molecule has 0 aliphatic rings. The summed E-state index contributed by atoms with van der Waals surface area (Å²) in [6.07, 6.45) is 0.0889. The molecule has 0 amide bonds. The van der Waals surface area contributed by atoms with Crippen molar-refractivity contribution in [1.29, 1.82) is 0 Å². The smallest absolute Gasteiger partial charge is 0.194 e. The average molecular weight is 333 g/mol. The van der Waals surface area contributed by atoms with Crippen molar-refractivity contribution in [3.63, 3.8) is 0 Å². The van der Waals surface area contributed by atoms with Crippen LogP contribution in [0.15, 0.2) is 46.9 Å². The van der Waals surface area contributed by atoms with Crippen molar-refractivity contribution in [3.8, 4) is 5.75 Å². The Morgan fingerprint density at radius 3 is 2.55 bits per heavy atom. The van der Waals surface area contributed by atoms with Gasteiger partial charge >= 0.3 is 0 Å². The molecule has 0 unspecified atom stereocenters. The Hall–Kier alpha value is -1.61. The molecule has 0 N–H and O–H groups in total. The van der Waals surface area contributed by atoms with Crippen molar-refractivity contribution in [3.05, 3.63) is 63.6 Å². The fraction of sp³-hybridized carbons (Fsp3) is 0.235. The Bertz CT molecular complexity index is 633. The maximum Gasteiger partial charge on any atom is 0.194 e. The van der Waals surface area contributed by atoms with Crippen LogP contribution in [0.5, 0.6) is 5.75 Å². The molecule has 0 saturated heterocycles. The summed E-state index contributed by atoms with van der Waals surface area (Å²) in [6, 6.07) is 13.0. The SMILES string of the molecule is Cc1cccc(C(=O)c2cccc(OC(C)C)c2)c1Br. The first kappa shape index (κ1) is 14.8. The van der Waals surface area contributed by atoms with Crippen molar-refractivity contribution in [1.82, 2.24) is 0 Å². The van der Waals surface area contributed by atoms with Crippen LogP contribution in [0.3, 0.4) is 0 Å². The zero-order valence-corrected chi connectivity index (χ0v) is 13.4. The van der Waals surface area contributed by atoms with E-state index in [1.165, 1.54) is 0 Å². The van der Waals surface area contributed by atoms with Gasteiger partial charge in [-0.3, -0.25) is 4.79 Å². The lowest BCUT2D eigenvalue weighted by Crippen LogP contribution is -2.07. The molecule has 0 fully saturated rings. The summed E-state index contributed by atoms with van der Waals surface area (Å²) in [5.41, 5.74) is 2.35. The van der Waals surface area contributed by atoms with Crippen LogP contribution in [0.4, 0.5) is 0 Å². The Balaban J connectivity index is 2.36. The predicted molar refractivity (Wildman–Crippen MR) is 84.5 cm³/mol. The number of aryl methyl sites for hydroxylation is 1. The summed E-state index contributed by atoms with van der Waals surface area (Å²) in [7, 11) is 0. The lowest BCUT2D eigenvalue weighted by molar-refractivity contribution is 0.103. The Morgan fingerprint density at radius 2 is 1.85 bits per heavy atom. The maximum absolute atomic E-state index is 12.6. The molecule has 0 aliphatic carbocycles. The molecule has 0 radical (unpaired) electrons. The Labute approximate surface area is 127 Å². The van der Waals surface area contributed by atoms with Gasteiger partial charge in [0.2, 0.25) is 0 Å². The van der Waals surface area contributed by atoms with Crippen LogP contribution in [0.25, 0.3) is 0 Å². The molecule has 0 aromatic heterocycles. The number of rotatable bonds is 4. The number of halogens is 1. The summed E-state index contributed by atoms with van der Waals surface area (Å²) in [4.78, 5) is 12.6. The first-order valence-electron chi connectivity index (χ1n) is 6.55.